The van der Waals surface area contributed by atoms with Gasteiger partial charge in [0, 0.05) is 26.9 Å². The van der Waals surface area contributed by atoms with E-state index in [0.29, 0.717) is 5.75 Å². The fourth-order valence-corrected chi connectivity index (χ4v) is 4.67. The zero-order valence-corrected chi connectivity index (χ0v) is 18.8. The van der Waals surface area contributed by atoms with Crippen molar-refractivity contribution in [1.82, 2.24) is 10.3 Å². The van der Waals surface area contributed by atoms with Gasteiger partial charge in [0.2, 0.25) is 0 Å². The predicted octanol–water partition coefficient (Wildman–Crippen LogP) is 6.19. The van der Waals surface area contributed by atoms with Crippen molar-refractivity contribution < 1.29 is 14.3 Å². The summed E-state index contributed by atoms with van der Waals surface area (Å²) in [7, 11) is 1.63. The Hall–Kier alpha value is -3.38. The van der Waals surface area contributed by atoms with Crippen LogP contribution in [0.1, 0.15) is 22.4 Å². The monoisotopic (exact) mass is 432 g/mol. The largest absolute Gasteiger partial charge is 0.496 e. The van der Waals surface area contributed by atoms with Gasteiger partial charge in [-0.1, -0.05) is 24.3 Å². The Labute approximate surface area is 185 Å². The van der Waals surface area contributed by atoms with Crippen LogP contribution in [0.4, 0.5) is 4.79 Å². The number of methoxy groups -OCH3 is 1. The van der Waals surface area contributed by atoms with Crippen molar-refractivity contribution in [2.45, 2.75) is 27.3 Å². The topological polar surface area (TPSA) is 60.5 Å². The Morgan fingerprint density at radius 3 is 2.68 bits per heavy atom. The molecule has 0 bridgehead atoms. The summed E-state index contributed by atoms with van der Waals surface area (Å²) < 4.78 is 12.2. The molecular weight excluding hydrogens is 408 g/mol. The number of thiophene rings is 1. The molecule has 4 rings (SSSR count). The van der Waals surface area contributed by atoms with Gasteiger partial charge in [0.15, 0.2) is 0 Å². The van der Waals surface area contributed by atoms with Gasteiger partial charge in [-0.2, -0.15) is 0 Å². The lowest BCUT2D eigenvalue weighted by Gasteiger charge is -2.13. The number of nitrogens with zero attached hydrogens (tertiary/aromatic N) is 1. The van der Waals surface area contributed by atoms with Gasteiger partial charge in [-0.25, -0.2) is 4.79 Å². The van der Waals surface area contributed by atoms with Crippen LogP contribution in [0, 0.1) is 20.8 Å². The third-order valence-electron chi connectivity index (χ3n) is 5.12. The van der Waals surface area contributed by atoms with Gasteiger partial charge < -0.3 is 14.8 Å². The van der Waals surface area contributed by atoms with Gasteiger partial charge in [0.1, 0.15) is 11.5 Å². The van der Waals surface area contributed by atoms with Crippen LogP contribution in [-0.2, 0) is 6.54 Å². The summed E-state index contributed by atoms with van der Waals surface area (Å²) in [4.78, 5) is 18.0. The second-order valence-corrected chi connectivity index (χ2v) is 8.56. The minimum absolute atomic E-state index is 0.260. The summed E-state index contributed by atoms with van der Waals surface area (Å²) in [5, 5.41) is 3.99. The van der Waals surface area contributed by atoms with Crippen LogP contribution in [-0.4, -0.2) is 18.2 Å². The molecule has 0 fully saturated rings. The molecule has 0 aliphatic carbocycles. The van der Waals surface area contributed by atoms with E-state index in [9.17, 15) is 4.79 Å². The van der Waals surface area contributed by atoms with Crippen LogP contribution in [0.5, 0.6) is 11.5 Å². The standard InChI is InChI=1S/C25H24N2O3S/c1-15-9-19(23-12-18-7-5-6-8-22(18)31-23)11-20(10-15)30-25(28)27-14-21-17(3)24(29-4)16(2)13-26-21/h5-13H,14H2,1-4H3,(H,27,28). The van der Waals surface area contributed by atoms with Gasteiger partial charge in [0.25, 0.3) is 0 Å². The van der Waals surface area contributed by atoms with Crippen LogP contribution in [0.2, 0.25) is 0 Å². The number of aromatic nitrogens is 1. The quantitative estimate of drug-likeness (QED) is 0.409. The van der Waals surface area contributed by atoms with Gasteiger partial charge in [0.05, 0.1) is 19.3 Å². The number of hydrogen-bond donors (Lipinski definition) is 1. The van der Waals surface area contributed by atoms with Crippen LogP contribution >= 0.6 is 11.3 Å². The number of aryl methyl sites for hydroxylation is 2. The number of hydrogen-bond acceptors (Lipinski definition) is 5. The second-order valence-electron chi connectivity index (χ2n) is 7.47. The molecule has 158 valence electrons. The molecule has 0 atom stereocenters. The number of nitrogens with one attached hydrogen (secondary N) is 1. The van der Waals surface area contributed by atoms with Crippen molar-refractivity contribution in [2.24, 2.45) is 0 Å². The molecule has 0 saturated heterocycles. The summed E-state index contributed by atoms with van der Waals surface area (Å²) in [6, 6.07) is 16.3. The van der Waals surface area contributed by atoms with Crippen LogP contribution < -0.4 is 14.8 Å². The third kappa shape index (κ3) is 4.54. The highest BCUT2D eigenvalue weighted by Crippen LogP contribution is 2.35. The summed E-state index contributed by atoms with van der Waals surface area (Å²) in [6.45, 7) is 6.12. The summed E-state index contributed by atoms with van der Waals surface area (Å²) in [5.41, 5.74) is 4.67. The lowest BCUT2D eigenvalue weighted by molar-refractivity contribution is 0.200. The molecule has 6 heteroatoms. The lowest BCUT2D eigenvalue weighted by Crippen LogP contribution is -2.27. The molecule has 0 unspecified atom stereocenters. The molecule has 0 radical (unpaired) electrons. The zero-order chi connectivity index (χ0) is 22.0. The average molecular weight is 433 g/mol. The molecule has 0 spiro atoms. The first-order valence-corrected chi connectivity index (χ1v) is 10.8. The Morgan fingerprint density at radius 1 is 1.10 bits per heavy atom. The SMILES string of the molecule is COc1c(C)cnc(CNC(=O)Oc2cc(C)cc(-c3cc4ccccc4s3)c2)c1C. The van der Waals surface area contributed by atoms with Gasteiger partial charge in [-0.15, -0.1) is 11.3 Å². The van der Waals surface area contributed by atoms with E-state index in [1.165, 1.54) is 10.1 Å². The molecule has 1 amide bonds. The summed E-state index contributed by atoms with van der Waals surface area (Å²) in [5.74, 6) is 1.29. The number of carbonyl (C=O) groups is 1. The van der Waals surface area contributed by atoms with Crippen molar-refractivity contribution in [1.29, 1.82) is 0 Å². The maximum absolute atomic E-state index is 12.4. The van der Waals surface area contributed by atoms with Gasteiger partial charge >= 0.3 is 6.09 Å². The van der Waals surface area contributed by atoms with E-state index in [1.54, 1.807) is 24.6 Å². The molecule has 2 aromatic heterocycles. The molecule has 4 aromatic rings. The van der Waals surface area contributed by atoms with Crippen LogP contribution in [0.15, 0.2) is 54.7 Å². The van der Waals surface area contributed by atoms with Gasteiger partial charge in [-0.3, -0.25) is 4.98 Å². The van der Waals surface area contributed by atoms with E-state index in [2.05, 4.69) is 34.6 Å². The Balaban J connectivity index is 1.49. The maximum atomic E-state index is 12.4. The third-order valence-corrected chi connectivity index (χ3v) is 6.29. The Kier molecular flexibility index (Phi) is 5.91. The maximum Gasteiger partial charge on any atom is 0.412 e. The van der Waals surface area contributed by atoms with E-state index in [4.69, 9.17) is 9.47 Å². The van der Waals surface area contributed by atoms with Crippen molar-refractivity contribution in [3.8, 4) is 21.9 Å². The molecule has 5 nitrogen and oxygen atoms in total. The second kappa shape index (κ2) is 8.78. The Bertz CT molecular complexity index is 1230. The number of fused-ring (bicyclic) bond motifs is 1. The minimum Gasteiger partial charge on any atom is -0.496 e. The molecule has 1 N–H and O–H groups in total. The van der Waals surface area contributed by atoms with Crippen molar-refractivity contribution in [3.05, 3.63) is 77.1 Å². The normalized spacial score (nSPS) is 10.8. The fourth-order valence-electron chi connectivity index (χ4n) is 3.62. The highest BCUT2D eigenvalue weighted by atomic mass is 32.1. The van der Waals surface area contributed by atoms with Crippen LogP contribution in [0.25, 0.3) is 20.5 Å². The minimum atomic E-state index is -0.520. The zero-order valence-electron chi connectivity index (χ0n) is 18.0. The number of carbonyl (C=O) groups excluding carboxylic acids is 1. The molecule has 0 saturated carbocycles. The van der Waals surface area contributed by atoms with E-state index >= 15 is 0 Å². The van der Waals surface area contributed by atoms with Crippen molar-refractivity contribution >= 4 is 27.5 Å². The lowest BCUT2D eigenvalue weighted by atomic mass is 10.1. The first-order chi connectivity index (χ1) is 14.9. The summed E-state index contributed by atoms with van der Waals surface area (Å²) in [6.07, 6.45) is 1.22. The predicted molar refractivity (Wildman–Crippen MR) is 125 cm³/mol. The van der Waals surface area contributed by atoms with E-state index in [-0.39, 0.29) is 6.54 Å². The van der Waals surface area contributed by atoms with Crippen molar-refractivity contribution in [3.63, 3.8) is 0 Å². The van der Waals surface area contributed by atoms with Crippen LogP contribution in [0.3, 0.4) is 0 Å². The Morgan fingerprint density at radius 2 is 1.90 bits per heavy atom. The van der Waals surface area contributed by atoms with Crippen molar-refractivity contribution in [2.75, 3.05) is 7.11 Å². The van der Waals surface area contributed by atoms with E-state index in [0.717, 1.165) is 38.6 Å². The molecular formula is C25H24N2O3S. The fraction of sp³-hybridized carbons (Fsp3) is 0.200. The van der Waals surface area contributed by atoms with E-state index in [1.807, 2.05) is 45.0 Å². The average Bonchev–Trinajstić information content (AvgIpc) is 3.17. The molecule has 2 heterocycles. The number of ether oxygens (including phenoxy) is 2. The molecule has 2 aromatic carbocycles. The van der Waals surface area contributed by atoms with Gasteiger partial charge in [-0.05, 0) is 61.5 Å². The highest BCUT2D eigenvalue weighted by Gasteiger charge is 2.13. The molecule has 0 aliphatic rings. The number of amides is 1. The first-order valence-electron chi connectivity index (χ1n) is 10.00. The molecule has 0 aliphatic heterocycles. The highest BCUT2D eigenvalue weighted by molar-refractivity contribution is 7.22. The number of benzene rings is 2. The first kappa shape index (κ1) is 20.9. The molecule has 31 heavy (non-hydrogen) atoms. The number of pyridine rings is 1. The van der Waals surface area contributed by atoms with E-state index < -0.39 is 6.09 Å². The smallest absolute Gasteiger partial charge is 0.412 e. The number of rotatable bonds is 5. The summed E-state index contributed by atoms with van der Waals surface area (Å²) >= 11 is 1.72.